The van der Waals surface area contributed by atoms with E-state index in [0.717, 1.165) is 4.90 Å². The van der Waals surface area contributed by atoms with Crippen molar-refractivity contribution in [2.75, 3.05) is 19.6 Å². The molecule has 0 spiro atoms. The lowest BCUT2D eigenvalue weighted by Gasteiger charge is -2.33. The molecule has 1 atom stereocenters. The van der Waals surface area contributed by atoms with E-state index >= 15 is 0 Å². The summed E-state index contributed by atoms with van der Waals surface area (Å²) in [6.45, 7) is 2.87. The third-order valence-electron chi connectivity index (χ3n) is 3.85. The fourth-order valence-corrected chi connectivity index (χ4v) is 2.69. The Morgan fingerprint density at radius 1 is 1.17 bits per heavy atom. The van der Waals surface area contributed by atoms with Gasteiger partial charge in [0.2, 0.25) is 5.91 Å². The Bertz CT molecular complexity index is 587. The number of carboxylic acids is 1. The largest absolute Gasteiger partial charge is 0.480 e. The van der Waals surface area contributed by atoms with Crippen LogP contribution in [0.25, 0.3) is 0 Å². The van der Waals surface area contributed by atoms with Crippen LogP contribution in [-0.4, -0.2) is 75.2 Å². The second-order valence-corrected chi connectivity index (χ2v) is 5.32. The molecule has 23 heavy (non-hydrogen) atoms. The lowest BCUT2D eigenvalue weighted by molar-refractivity contribution is -0.153. The molecule has 124 valence electrons. The van der Waals surface area contributed by atoms with Crippen LogP contribution >= 0.6 is 0 Å². The van der Waals surface area contributed by atoms with Gasteiger partial charge in [-0.1, -0.05) is 6.08 Å². The van der Waals surface area contributed by atoms with Gasteiger partial charge in [-0.15, -0.1) is 6.58 Å². The highest BCUT2D eigenvalue weighted by molar-refractivity contribution is 6.45. The van der Waals surface area contributed by atoms with Gasteiger partial charge in [-0.05, 0) is 19.3 Å². The Labute approximate surface area is 132 Å². The number of imide groups is 2. The number of amides is 5. The summed E-state index contributed by atoms with van der Waals surface area (Å²) in [5, 5.41) is 9.16. The normalized spacial score (nSPS) is 21.8. The zero-order valence-corrected chi connectivity index (χ0v) is 12.4. The van der Waals surface area contributed by atoms with Gasteiger partial charge >= 0.3 is 23.8 Å². The molecule has 2 saturated heterocycles. The van der Waals surface area contributed by atoms with Crippen LogP contribution in [0.3, 0.4) is 0 Å². The first-order valence-electron chi connectivity index (χ1n) is 7.19. The fourth-order valence-electron chi connectivity index (χ4n) is 2.69. The summed E-state index contributed by atoms with van der Waals surface area (Å²) < 4.78 is 0. The number of carbonyl (C=O) groups excluding carboxylic acids is 4. The van der Waals surface area contributed by atoms with Crippen LogP contribution in [0.15, 0.2) is 12.7 Å². The SMILES string of the molecule is C=CCN1C(=O)C(=O)N(CC(=O)N2CCCCC2C(=O)O)C1=O. The molecule has 1 unspecified atom stereocenters. The summed E-state index contributed by atoms with van der Waals surface area (Å²) in [6.07, 6.45) is 2.96. The van der Waals surface area contributed by atoms with Crippen molar-refractivity contribution < 1.29 is 29.1 Å². The number of carboxylic acid groups (broad SMARTS) is 1. The van der Waals surface area contributed by atoms with E-state index in [0.29, 0.717) is 29.1 Å². The van der Waals surface area contributed by atoms with E-state index in [1.807, 2.05) is 0 Å². The average Bonchev–Trinajstić information content (AvgIpc) is 2.73. The van der Waals surface area contributed by atoms with Gasteiger partial charge in [-0.25, -0.2) is 14.5 Å². The minimum Gasteiger partial charge on any atom is -0.480 e. The quantitative estimate of drug-likeness (QED) is 0.411. The minimum atomic E-state index is -1.12. The molecule has 2 rings (SSSR count). The van der Waals surface area contributed by atoms with Crippen molar-refractivity contribution in [1.82, 2.24) is 14.7 Å². The molecule has 2 heterocycles. The number of nitrogens with zero attached hydrogens (tertiary/aromatic N) is 3. The van der Waals surface area contributed by atoms with Crippen molar-refractivity contribution in [3.05, 3.63) is 12.7 Å². The van der Waals surface area contributed by atoms with E-state index in [1.54, 1.807) is 0 Å². The van der Waals surface area contributed by atoms with E-state index in [9.17, 15) is 24.0 Å². The van der Waals surface area contributed by atoms with Gasteiger partial charge in [0.25, 0.3) is 0 Å². The predicted octanol–water partition coefficient (Wildman–Crippen LogP) is -0.571. The van der Waals surface area contributed by atoms with Crippen LogP contribution in [0, 0.1) is 0 Å². The molecule has 2 aliphatic heterocycles. The molecule has 0 aromatic rings. The second-order valence-electron chi connectivity index (χ2n) is 5.32. The molecule has 0 aromatic heterocycles. The molecule has 5 amide bonds. The summed E-state index contributed by atoms with van der Waals surface area (Å²) in [5.74, 6) is -3.89. The van der Waals surface area contributed by atoms with Crippen LogP contribution in [-0.2, 0) is 19.2 Å². The highest BCUT2D eigenvalue weighted by Gasteiger charge is 2.45. The fraction of sp³-hybridized carbons (Fsp3) is 0.500. The Balaban J connectivity index is 2.11. The maximum atomic E-state index is 12.3. The molecule has 9 nitrogen and oxygen atoms in total. The molecule has 0 aromatic carbocycles. The lowest BCUT2D eigenvalue weighted by atomic mass is 10.0. The molecular formula is C14H17N3O6. The maximum absolute atomic E-state index is 12.3. The average molecular weight is 323 g/mol. The van der Waals surface area contributed by atoms with E-state index in [-0.39, 0.29) is 13.1 Å². The highest BCUT2D eigenvalue weighted by atomic mass is 16.4. The maximum Gasteiger partial charge on any atom is 0.335 e. The molecule has 0 bridgehead atoms. The molecule has 1 N–H and O–H groups in total. The Morgan fingerprint density at radius 3 is 2.43 bits per heavy atom. The van der Waals surface area contributed by atoms with E-state index < -0.39 is 42.3 Å². The molecule has 0 radical (unpaired) electrons. The van der Waals surface area contributed by atoms with Gasteiger partial charge in [0.05, 0.1) is 0 Å². The number of piperidine rings is 1. The summed E-state index contributed by atoms with van der Waals surface area (Å²) in [5.41, 5.74) is 0. The van der Waals surface area contributed by atoms with Gasteiger partial charge in [0, 0.05) is 13.1 Å². The van der Waals surface area contributed by atoms with Crippen molar-refractivity contribution in [1.29, 1.82) is 0 Å². The first-order chi connectivity index (χ1) is 10.9. The van der Waals surface area contributed by atoms with E-state index in [4.69, 9.17) is 5.11 Å². The van der Waals surface area contributed by atoms with Gasteiger partial charge in [-0.2, -0.15) is 0 Å². The van der Waals surface area contributed by atoms with Gasteiger partial charge in [-0.3, -0.25) is 19.3 Å². The number of hydrogen-bond acceptors (Lipinski definition) is 5. The van der Waals surface area contributed by atoms with Gasteiger partial charge < -0.3 is 10.0 Å². The molecular weight excluding hydrogens is 306 g/mol. The number of hydrogen-bond donors (Lipinski definition) is 1. The third-order valence-corrected chi connectivity index (χ3v) is 3.85. The summed E-state index contributed by atoms with van der Waals surface area (Å²) in [6, 6.07) is -1.86. The van der Waals surface area contributed by atoms with Crippen LogP contribution in [0.5, 0.6) is 0 Å². The lowest BCUT2D eigenvalue weighted by Crippen LogP contribution is -2.52. The van der Waals surface area contributed by atoms with E-state index in [1.165, 1.54) is 6.08 Å². The molecule has 2 aliphatic rings. The number of rotatable bonds is 5. The first-order valence-corrected chi connectivity index (χ1v) is 7.19. The smallest absolute Gasteiger partial charge is 0.335 e. The zero-order chi connectivity index (χ0) is 17.1. The summed E-state index contributed by atoms with van der Waals surface area (Å²) >= 11 is 0. The Kier molecular flexibility index (Phi) is 4.77. The Hall–Kier alpha value is -2.71. The predicted molar refractivity (Wildman–Crippen MR) is 76.0 cm³/mol. The van der Waals surface area contributed by atoms with Crippen molar-refractivity contribution in [3.63, 3.8) is 0 Å². The van der Waals surface area contributed by atoms with Crippen LogP contribution in [0.4, 0.5) is 4.79 Å². The third kappa shape index (κ3) is 3.08. The zero-order valence-electron chi connectivity index (χ0n) is 12.4. The van der Waals surface area contributed by atoms with E-state index in [2.05, 4.69) is 6.58 Å². The first kappa shape index (κ1) is 16.7. The van der Waals surface area contributed by atoms with Crippen molar-refractivity contribution >= 4 is 29.7 Å². The van der Waals surface area contributed by atoms with Crippen molar-refractivity contribution in [3.8, 4) is 0 Å². The molecule has 0 aliphatic carbocycles. The van der Waals surface area contributed by atoms with Crippen molar-refractivity contribution in [2.24, 2.45) is 0 Å². The monoisotopic (exact) mass is 323 g/mol. The number of aliphatic carboxylic acids is 1. The topological polar surface area (TPSA) is 115 Å². The second kappa shape index (κ2) is 6.59. The molecule has 0 saturated carbocycles. The summed E-state index contributed by atoms with van der Waals surface area (Å²) in [4.78, 5) is 61.4. The number of urea groups is 1. The highest BCUT2D eigenvalue weighted by Crippen LogP contribution is 2.19. The Morgan fingerprint density at radius 2 is 1.83 bits per heavy atom. The van der Waals surface area contributed by atoms with Crippen LogP contribution in [0.1, 0.15) is 19.3 Å². The number of carbonyl (C=O) groups is 5. The minimum absolute atomic E-state index is 0.129. The van der Waals surface area contributed by atoms with Gasteiger partial charge in [0.15, 0.2) is 0 Å². The van der Waals surface area contributed by atoms with Crippen LogP contribution in [0.2, 0.25) is 0 Å². The molecule has 9 heteroatoms. The molecule has 2 fully saturated rings. The van der Waals surface area contributed by atoms with Crippen LogP contribution < -0.4 is 0 Å². The number of likely N-dealkylation sites (tertiary alicyclic amines) is 1. The summed E-state index contributed by atoms with van der Waals surface area (Å²) in [7, 11) is 0. The standard InChI is InChI=1S/C14H17N3O6/c1-2-6-16-11(19)12(20)17(14(16)23)8-10(18)15-7-4-3-5-9(15)13(21)22/h2,9H,1,3-8H2,(H,21,22). The van der Waals surface area contributed by atoms with Crippen molar-refractivity contribution in [2.45, 2.75) is 25.3 Å². The van der Waals surface area contributed by atoms with Gasteiger partial charge in [0.1, 0.15) is 12.6 Å².